The van der Waals surface area contributed by atoms with Crippen LogP contribution in [0.3, 0.4) is 0 Å². The summed E-state index contributed by atoms with van der Waals surface area (Å²) in [4.78, 5) is 0. The van der Waals surface area contributed by atoms with Gasteiger partial charge in [-0.3, -0.25) is 0 Å². The van der Waals surface area contributed by atoms with Crippen molar-refractivity contribution in [3.05, 3.63) is 52.8 Å². The monoisotopic (exact) mass is 235 g/mol. The Morgan fingerprint density at radius 3 is 2.62 bits per heavy atom. The highest BCUT2D eigenvalue weighted by Crippen LogP contribution is 2.32. The van der Waals surface area contributed by atoms with Crippen LogP contribution < -0.4 is 5.73 Å². The summed E-state index contributed by atoms with van der Waals surface area (Å²) in [6.07, 6.45) is 0. The zero-order chi connectivity index (χ0) is 11.7. The summed E-state index contributed by atoms with van der Waals surface area (Å²) in [7, 11) is 0. The molecular formula is C13H11ClFN. The number of benzene rings is 2. The lowest BCUT2D eigenvalue weighted by Gasteiger charge is -2.07. The van der Waals surface area contributed by atoms with Crippen LogP contribution in [0.1, 0.15) is 5.56 Å². The van der Waals surface area contributed by atoms with Gasteiger partial charge in [-0.1, -0.05) is 47.5 Å². The first kappa shape index (κ1) is 11.0. The molecule has 0 aromatic heterocycles. The number of nitrogen functional groups attached to an aromatic ring is 1. The van der Waals surface area contributed by atoms with E-state index in [4.69, 9.17) is 17.3 Å². The minimum atomic E-state index is -0.555. The van der Waals surface area contributed by atoms with Gasteiger partial charge in [0.15, 0.2) is 5.82 Å². The van der Waals surface area contributed by atoms with Gasteiger partial charge in [-0.2, -0.15) is 0 Å². The topological polar surface area (TPSA) is 26.0 Å². The van der Waals surface area contributed by atoms with Crippen molar-refractivity contribution < 1.29 is 4.39 Å². The third kappa shape index (κ3) is 1.89. The van der Waals surface area contributed by atoms with E-state index in [1.54, 1.807) is 6.07 Å². The first-order valence-corrected chi connectivity index (χ1v) is 5.28. The summed E-state index contributed by atoms with van der Waals surface area (Å²) < 4.78 is 13.5. The van der Waals surface area contributed by atoms with Crippen molar-refractivity contribution in [2.24, 2.45) is 0 Å². The van der Waals surface area contributed by atoms with Gasteiger partial charge in [-0.15, -0.1) is 0 Å². The van der Waals surface area contributed by atoms with Gasteiger partial charge < -0.3 is 5.73 Å². The zero-order valence-corrected chi connectivity index (χ0v) is 9.55. The predicted octanol–water partition coefficient (Wildman–Crippen LogP) is 4.04. The molecule has 1 nitrogen and oxygen atoms in total. The number of aryl methyl sites for hydroxylation is 1. The molecule has 2 N–H and O–H groups in total. The smallest absolute Gasteiger partial charge is 0.165 e. The Balaban J connectivity index is 2.61. The number of hydrogen-bond donors (Lipinski definition) is 1. The summed E-state index contributed by atoms with van der Waals surface area (Å²) >= 11 is 5.93. The molecule has 0 atom stereocenters. The fraction of sp³-hybridized carbons (Fsp3) is 0.0769. The molecule has 0 aliphatic carbocycles. The van der Waals surface area contributed by atoms with Crippen molar-refractivity contribution >= 4 is 17.3 Å². The van der Waals surface area contributed by atoms with E-state index in [1.165, 1.54) is 6.07 Å². The maximum Gasteiger partial charge on any atom is 0.165 e. The number of anilines is 1. The van der Waals surface area contributed by atoms with Gasteiger partial charge in [0, 0.05) is 5.56 Å². The molecule has 0 spiro atoms. The van der Waals surface area contributed by atoms with Gasteiger partial charge in [-0.25, -0.2) is 4.39 Å². The number of rotatable bonds is 1. The fourth-order valence-electron chi connectivity index (χ4n) is 1.60. The highest BCUT2D eigenvalue weighted by molar-refractivity contribution is 6.33. The maximum absolute atomic E-state index is 13.5. The summed E-state index contributed by atoms with van der Waals surface area (Å²) in [5.41, 5.74) is 8.17. The van der Waals surface area contributed by atoms with Crippen LogP contribution in [0.15, 0.2) is 36.4 Å². The maximum atomic E-state index is 13.5. The second-order valence-corrected chi connectivity index (χ2v) is 4.08. The van der Waals surface area contributed by atoms with E-state index in [2.05, 4.69) is 0 Å². The van der Waals surface area contributed by atoms with Crippen LogP contribution in [0.4, 0.5) is 10.1 Å². The fourth-order valence-corrected chi connectivity index (χ4v) is 1.88. The van der Waals surface area contributed by atoms with Crippen LogP contribution in [0, 0.1) is 12.7 Å². The standard InChI is InChI=1S/C13H11ClFN/c1-8-3-2-4-9(7-8)10-5-6-11(16)13(15)12(10)14/h2-7H,16H2,1H3. The van der Waals surface area contributed by atoms with Gasteiger partial charge in [0.05, 0.1) is 10.7 Å². The Kier molecular flexibility index (Phi) is 2.84. The minimum absolute atomic E-state index is 0.0707. The molecule has 0 aliphatic heterocycles. The molecule has 2 rings (SSSR count). The van der Waals surface area contributed by atoms with Gasteiger partial charge in [0.25, 0.3) is 0 Å². The Labute approximate surface area is 98.7 Å². The zero-order valence-electron chi connectivity index (χ0n) is 8.80. The number of hydrogen-bond acceptors (Lipinski definition) is 1. The number of nitrogens with two attached hydrogens (primary N) is 1. The molecule has 0 amide bonds. The Bertz CT molecular complexity index is 537. The first-order chi connectivity index (χ1) is 7.59. The van der Waals surface area contributed by atoms with Crippen molar-refractivity contribution in [1.82, 2.24) is 0 Å². The highest BCUT2D eigenvalue weighted by atomic mass is 35.5. The van der Waals surface area contributed by atoms with E-state index in [1.807, 2.05) is 31.2 Å². The Morgan fingerprint density at radius 1 is 1.19 bits per heavy atom. The lowest BCUT2D eigenvalue weighted by molar-refractivity contribution is 0.633. The minimum Gasteiger partial charge on any atom is -0.396 e. The Hall–Kier alpha value is -1.54. The molecule has 0 saturated heterocycles. The molecule has 0 heterocycles. The average molecular weight is 236 g/mol. The van der Waals surface area contributed by atoms with Crippen molar-refractivity contribution in [1.29, 1.82) is 0 Å². The van der Waals surface area contributed by atoms with Gasteiger partial charge in [0.2, 0.25) is 0 Å². The SMILES string of the molecule is Cc1cccc(-c2ccc(N)c(F)c2Cl)c1. The molecular weight excluding hydrogens is 225 g/mol. The van der Waals surface area contributed by atoms with E-state index in [9.17, 15) is 4.39 Å². The molecule has 0 saturated carbocycles. The van der Waals surface area contributed by atoms with Crippen LogP contribution >= 0.6 is 11.6 Å². The predicted molar refractivity (Wildman–Crippen MR) is 66.0 cm³/mol. The van der Waals surface area contributed by atoms with Crippen LogP contribution in [-0.4, -0.2) is 0 Å². The van der Waals surface area contributed by atoms with E-state index in [0.29, 0.717) is 5.56 Å². The van der Waals surface area contributed by atoms with E-state index < -0.39 is 5.82 Å². The molecule has 0 aliphatic rings. The molecule has 2 aromatic rings. The van der Waals surface area contributed by atoms with Crippen molar-refractivity contribution in [3.8, 4) is 11.1 Å². The summed E-state index contributed by atoms with van der Waals surface area (Å²) in [5, 5.41) is 0.0746. The number of halogens is 2. The van der Waals surface area contributed by atoms with Crippen LogP contribution in [0.25, 0.3) is 11.1 Å². The van der Waals surface area contributed by atoms with E-state index in [0.717, 1.165) is 11.1 Å². The second-order valence-electron chi connectivity index (χ2n) is 3.70. The summed E-state index contributed by atoms with van der Waals surface area (Å²) in [5.74, 6) is -0.555. The van der Waals surface area contributed by atoms with Gasteiger partial charge >= 0.3 is 0 Å². The average Bonchev–Trinajstić information content (AvgIpc) is 2.26. The van der Waals surface area contributed by atoms with Crippen LogP contribution in [0.2, 0.25) is 5.02 Å². The summed E-state index contributed by atoms with van der Waals surface area (Å²) in [6, 6.07) is 11.0. The lowest BCUT2D eigenvalue weighted by Crippen LogP contribution is -1.93. The van der Waals surface area contributed by atoms with Gasteiger partial charge in [-0.05, 0) is 18.6 Å². The third-order valence-electron chi connectivity index (χ3n) is 2.44. The lowest BCUT2D eigenvalue weighted by atomic mass is 10.0. The quantitative estimate of drug-likeness (QED) is 0.742. The summed E-state index contributed by atoms with van der Waals surface area (Å²) in [6.45, 7) is 1.98. The normalized spacial score (nSPS) is 10.4. The molecule has 0 bridgehead atoms. The first-order valence-electron chi connectivity index (χ1n) is 4.90. The molecule has 0 unspecified atom stereocenters. The van der Waals surface area contributed by atoms with Crippen molar-refractivity contribution in [3.63, 3.8) is 0 Å². The molecule has 0 fully saturated rings. The highest BCUT2D eigenvalue weighted by Gasteiger charge is 2.10. The molecule has 2 aromatic carbocycles. The molecule has 82 valence electrons. The van der Waals surface area contributed by atoms with Crippen molar-refractivity contribution in [2.75, 3.05) is 5.73 Å². The van der Waals surface area contributed by atoms with Crippen LogP contribution in [-0.2, 0) is 0 Å². The van der Waals surface area contributed by atoms with Gasteiger partial charge in [0.1, 0.15) is 0 Å². The van der Waals surface area contributed by atoms with E-state index >= 15 is 0 Å². The van der Waals surface area contributed by atoms with E-state index in [-0.39, 0.29) is 10.7 Å². The van der Waals surface area contributed by atoms with Crippen molar-refractivity contribution in [2.45, 2.75) is 6.92 Å². The van der Waals surface area contributed by atoms with Crippen LogP contribution in [0.5, 0.6) is 0 Å². The molecule has 16 heavy (non-hydrogen) atoms. The molecule has 0 radical (unpaired) electrons. The second kappa shape index (κ2) is 4.14. The molecule has 3 heteroatoms. The Morgan fingerprint density at radius 2 is 1.94 bits per heavy atom. The largest absolute Gasteiger partial charge is 0.396 e. The third-order valence-corrected chi connectivity index (χ3v) is 2.81.